The zero-order valence-electron chi connectivity index (χ0n) is 15.1. The third-order valence-electron chi connectivity index (χ3n) is 4.81. The fraction of sp³-hybridized carbons (Fsp3) is 0.300. The van der Waals surface area contributed by atoms with Gasteiger partial charge in [0.25, 0.3) is 5.91 Å². The third-order valence-corrected chi connectivity index (χ3v) is 4.81. The molecular weight excluding hydrogens is 340 g/mol. The predicted octanol–water partition coefficient (Wildman–Crippen LogP) is 2.01. The number of nitrogens with zero attached hydrogens (tertiary/aromatic N) is 6. The Morgan fingerprint density at radius 3 is 2.70 bits per heavy atom. The Labute approximate surface area is 158 Å². The van der Waals surface area contributed by atoms with Crippen LogP contribution in [0.15, 0.2) is 61.4 Å². The number of carbonyl (C=O) groups is 1. The third kappa shape index (κ3) is 4.20. The van der Waals surface area contributed by atoms with Gasteiger partial charge in [0.2, 0.25) is 0 Å². The highest BCUT2D eigenvalue weighted by Gasteiger charge is 2.20. The van der Waals surface area contributed by atoms with E-state index in [0.29, 0.717) is 5.56 Å². The summed E-state index contributed by atoms with van der Waals surface area (Å²) in [6, 6.07) is 11.7. The Kier molecular flexibility index (Phi) is 5.20. The van der Waals surface area contributed by atoms with Crippen LogP contribution in [0, 0.1) is 0 Å². The number of hydrogen-bond acceptors (Lipinski definition) is 5. The number of amides is 1. The standard InChI is InChI=1S/C20H22N6O/c27-20(18-5-1-6-19(12-18)26-15-22-23-16-26)25-9-3-8-24(10-11-25)14-17-4-2-7-21-13-17/h1-2,4-7,12-13,15-16H,3,8-11,14H2. The van der Waals surface area contributed by atoms with Crippen LogP contribution in [0.4, 0.5) is 0 Å². The number of rotatable bonds is 4. The molecule has 2 aromatic heterocycles. The molecule has 0 unspecified atom stereocenters. The van der Waals surface area contributed by atoms with Gasteiger partial charge in [0.05, 0.1) is 0 Å². The van der Waals surface area contributed by atoms with Gasteiger partial charge in [0.15, 0.2) is 0 Å². The van der Waals surface area contributed by atoms with Gasteiger partial charge in [-0.2, -0.15) is 0 Å². The van der Waals surface area contributed by atoms with Gasteiger partial charge in [-0.15, -0.1) is 10.2 Å². The smallest absolute Gasteiger partial charge is 0.253 e. The lowest BCUT2D eigenvalue weighted by Crippen LogP contribution is -2.35. The van der Waals surface area contributed by atoms with Crippen molar-refractivity contribution in [2.24, 2.45) is 0 Å². The maximum Gasteiger partial charge on any atom is 0.253 e. The van der Waals surface area contributed by atoms with Crippen LogP contribution in [-0.4, -0.2) is 61.6 Å². The lowest BCUT2D eigenvalue weighted by Gasteiger charge is -2.22. The minimum absolute atomic E-state index is 0.0770. The van der Waals surface area contributed by atoms with Crippen molar-refractivity contribution < 1.29 is 4.79 Å². The Hall–Kier alpha value is -3.06. The molecule has 0 saturated carbocycles. The van der Waals surface area contributed by atoms with E-state index in [1.165, 1.54) is 5.56 Å². The Bertz CT molecular complexity index is 881. The molecule has 0 bridgehead atoms. The Balaban J connectivity index is 1.42. The summed E-state index contributed by atoms with van der Waals surface area (Å²) < 4.78 is 1.80. The van der Waals surface area contributed by atoms with Gasteiger partial charge >= 0.3 is 0 Å². The second-order valence-electron chi connectivity index (χ2n) is 6.70. The topological polar surface area (TPSA) is 67.2 Å². The van der Waals surface area contributed by atoms with E-state index < -0.39 is 0 Å². The predicted molar refractivity (Wildman–Crippen MR) is 101 cm³/mol. The van der Waals surface area contributed by atoms with E-state index in [-0.39, 0.29) is 5.91 Å². The van der Waals surface area contributed by atoms with Crippen molar-refractivity contribution >= 4 is 5.91 Å². The lowest BCUT2D eigenvalue weighted by atomic mass is 10.1. The molecule has 0 aliphatic carbocycles. The average Bonchev–Trinajstić information content (AvgIpc) is 3.16. The molecule has 4 rings (SSSR count). The van der Waals surface area contributed by atoms with E-state index in [1.807, 2.05) is 41.4 Å². The van der Waals surface area contributed by atoms with Crippen molar-refractivity contribution in [3.8, 4) is 5.69 Å². The number of hydrogen-bond donors (Lipinski definition) is 0. The second-order valence-corrected chi connectivity index (χ2v) is 6.70. The van der Waals surface area contributed by atoms with Gasteiger partial charge < -0.3 is 4.90 Å². The molecule has 0 radical (unpaired) electrons. The maximum atomic E-state index is 13.0. The SMILES string of the molecule is O=C(c1cccc(-n2cnnc2)c1)N1CCCN(Cc2cccnc2)CC1. The molecule has 1 aliphatic heterocycles. The van der Waals surface area contributed by atoms with E-state index >= 15 is 0 Å². The molecule has 27 heavy (non-hydrogen) atoms. The normalized spacial score (nSPS) is 15.5. The molecule has 1 amide bonds. The molecule has 3 aromatic rings. The second kappa shape index (κ2) is 8.09. The van der Waals surface area contributed by atoms with E-state index in [0.717, 1.165) is 44.8 Å². The van der Waals surface area contributed by atoms with Gasteiger partial charge in [-0.1, -0.05) is 12.1 Å². The zero-order valence-corrected chi connectivity index (χ0v) is 15.1. The summed E-state index contributed by atoms with van der Waals surface area (Å²) in [5, 5.41) is 7.65. The molecule has 3 heterocycles. The quantitative estimate of drug-likeness (QED) is 0.710. The monoisotopic (exact) mass is 362 g/mol. The van der Waals surface area contributed by atoms with Crippen LogP contribution >= 0.6 is 0 Å². The van der Waals surface area contributed by atoms with Gasteiger partial charge in [0, 0.05) is 56.4 Å². The highest BCUT2D eigenvalue weighted by atomic mass is 16.2. The van der Waals surface area contributed by atoms with Crippen LogP contribution < -0.4 is 0 Å². The molecule has 0 N–H and O–H groups in total. The average molecular weight is 362 g/mol. The van der Waals surface area contributed by atoms with Crippen LogP contribution in [-0.2, 0) is 6.54 Å². The highest BCUT2D eigenvalue weighted by molar-refractivity contribution is 5.94. The lowest BCUT2D eigenvalue weighted by molar-refractivity contribution is 0.0761. The minimum atomic E-state index is 0.0770. The first kappa shape index (κ1) is 17.4. The van der Waals surface area contributed by atoms with Crippen molar-refractivity contribution in [3.05, 3.63) is 72.6 Å². The summed E-state index contributed by atoms with van der Waals surface area (Å²) in [5.41, 5.74) is 2.79. The molecule has 1 aliphatic rings. The number of benzene rings is 1. The number of pyridine rings is 1. The van der Waals surface area contributed by atoms with E-state index in [9.17, 15) is 4.79 Å². The summed E-state index contributed by atoms with van der Waals surface area (Å²) in [6.07, 6.45) is 7.93. The van der Waals surface area contributed by atoms with Crippen LogP contribution in [0.1, 0.15) is 22.3 Å². The first-order valence-electron chi connectivity index (χ1n) is 9.15. The molecule has 1 aromatic carbocycles. The summed E-state index contributed by atoms with van der Waals surface area (Å²) in [4.78, 5) is 21.5. The van der Waals surface area contributed by atoms with Crippen LogP contribution in [0.3, 0.4) is 0 Å². The molecule has 1 saturated heterocycles. The van der Waals surface area contributed by atoms with E-state index in [4.69, 9.17) is 0 Å². The molecule has 138 valence electrons. The zero-order chi connectivity index (χ0) is 18.5. The van der Waals surface area contributed by atoms with E-state index in [2.05, 4.69) is 26.1 Å². The fourth-order valence-corrected chi connectivity index (χ4v) is 3.40. The van der Waals surface area contributed by atoms with E-state index in [1.54, 1.807) is 23.4 Å². The van der Waals surface area contributed by atoms with Gasteiger partial charge in [-0.05, 0) is 36.2 Å². The van der Waals surface area contributed by atoms with Crippen molar-refractivity contribution in [3.63, 3.8) is 0 Å². The Morgan fingerprint density at radius 1 is 1.00 bits per heavy atom. The molecule has 7 heteroatoms. The van der Waals surface area contributed by atoms with Crippen LogP contribution in [0.25, 0.3) is 5.69 Å². The van der Waals surface area contributed by atoms with Crippen molar-refractivity contribution in [1.82, 2.24) is 29.5 Å². The van der Waals surface area contributed by atoms with Gasteiger partial charge in [-0.25, -0.2) is 0 Å². The van der Waals surface area contributed by atoms with Crippen molar-refractivity contribution in [1.29, 1.82) is 0 Å². The summed E-state index contributed by atoms with van der Waals surface area (Å²) >= 11 is 0. The Morgan fingerprint density at radius 2 is 1.89 bits per heavy atom. The first-order chi connectivity index (χ1) is 13.3. The van der Waals surface area contributed by atoms with Gasteiger partial charge in [0.1, 0.15) is 12.7 Å². The largest absolute Gasteiger partial charge is 0.337 e. The van der Waals surface area contributed by atoms with Crippen LogP contribution in [0.5, 0.6) is 0 Å². The van der Waals surface area contributed by atoms with Crippen molar-refractivity contribution in [2.45, 2.75) is 13.0 Å². The molecular formula is C20H22N6O. The van der Waals surface area contributed by atoms with Gasteiger partial charge in [-0.3, -0.25) is 19.2 Å². The molecule has 1 fully saturated rings. The van der Waals surface area contributed by atoms with Crippen molar-refractivity contribution in [2.75, 3.05) is 26.2 Å². The number of aromatic nitrogens is 4. The molecule has 0 spiro atoms. The molecule has 0 atom stereocenters. The maximum absolute atomic E-state index is 13.0. The minimum Gasteiger partial charge on any atom is -0.337 e. The number of carbonyl (C=O) groups excluding carboxylic acids is 1. The highest BCUT2D eigenvalue weighted by Crippen LogP contribution is 2.14. The molecule has 7 nitrogen and oxygen atoms in total. The first-order valence-corrected chi connectivity index (χ1v) is 9.15. The summed E-state index contributed by atoms with van der Waals surface area (Å²) in [7, 11) is 0. The fourth-order valence-electron chi connectivity index (χ4n) is 3.40. The van der Waals surface area contributed by atoms with Crippen LogP contribution in [0.2, 0.25) is 0 Å². The summed E-state index contributed by atoms with van der Waals surface area (Å²) in [5.74, 6) is 0.0770. The summed E-state index contributed by atoms with van der Waals surface area (Å²) in [6.45, 7) is 4.24.